The number of nitrogens with zero attached hydrogens (tertiary/aromatic N) is 1. The van der Waals surface area contributed by atoms with E-state index in [0.717, 1.165) is 30.4 Å². The molecular formula is C20H30FNO2S. The summed E-state index contributed by atoms with van der Waals surface area (Å²) in [4.78, 5) is 2.67. The fraction of sp³-hybridized carbons (Fsp3) is 0.700. The molecule has 140 valence electrons. The largest absolute Gasteiger partial charge is 0.493 e. The first-order chi connectivity index (χ1) is 12.3. The summed E-state index contributed by atoms with van der Waals surface area (Å²) in [5, 5.41) is 0. The number of halogens is 1. The van der Waals surface area contributed by atoms with E-state index in [0.29, 0.717) is 37.0 Å². The quantitative estimate of drug-likeness (QED) is 0.589. The van der Waals surface area contributed by atoms with Gasteiger partial charge in [0.25, 0.3) is 0 Å². The van der Waals surface area contributed by atoms with Crippen LogP contribution in [0, 0.1) is 5.92 Å². The van der Waals surface area contributed by atoms with Gasteiger partial charge in [-0.05, 0) is 61.3 Å². The molecule has 1 fully saturated rings. The Labute approximate surface area is 155 Å². The van der Waals surface area contributed by atoms with Crippen molar-refractivity contribution in [3.05, 3.63) is 23.3 Å². The van der Waals surface area contributed by atoms with Crippen LogP contribution in [-0.2, 0) is 6.42 Å². The molecule has 3 rings (SSSR count). The van der Waals surface area contributed by atoms with Gasteiger partial charge in [0.2, 0.25) is 0 Å². The highest BCUT2D eigenvalue weighted by Gasteiger charge is 2.33. The normalized spacial score (nSPS) is 23.0. The van der Waals surface area contributed by atoms with Gasteiger partial charge in [-0.2, -0.15) is 3.89 Å². The van der Waals surface area contributed by atoms with Crippen LogP contribution in [0.4, 0.5) is 3.89 Å². The van der Waals surface area contributed by atoms with Gasteiger partial charge in [-0.15, -0.1) is 0 Å². The van der Waals surface area contributed by atoms with Crippen molar-refractivity contribution < 1.29 is 13.4 Å². The molecule has 0 aromatic heterocycles. The van der Waals surface area contributed by atoms with Crippen LogP contribution in [0.15, 0.2) is 12.1 Å². The lowest BCUT2D eigenvalue weighted by Crippen LogP contribution is -2.42. The molecule has 0 bridgehead atoms. The Morgan fingerprint density at radius 1 is 1.28 bits per heavy atom. The summed E-state index contributed by atoms with van der Waals surface area (Å²) < 4.78 is 23.6. The zero-order valence-electron chi connectivity index (χ0n) is 15.4. The van der Waals surface area contributed by atoms with Gasteiger partial charge in [-0.25, -0.2) is 0 Å². The Hall–Kier alpha value is -0.940. The predicted molar refractivity (Wildman–Crippen MR) is 102 cm³/mol. The number of ether oxygens (including phenoxy) is 2. The average Bonchev–Trinajstić information content (AvgIpc) is 2.64. The van der Waals surface area contributed by atoms with Crippen molar-refractivity contribution in [1.82, 2.24) is 4.90 Å². The highest BCUT2D eigenvalue weighted by molar-refractivity contribution is 7.94. The van der Waals surface area contributed by atoms with Gasteiger partial charge < -0.3 is 9.47 Å². The number of methoxy groups -OCH3 is 1. The summed E-state index contributed by atoms with van der Waals surface area (Å²) >= 11 is 0.369. The molecular weight excluding hydrogens is 337 g/mol. The van der Waals surface area contributed by atoms with Crippen molar-refractivity contribution >= 4 is 12.1 Å². The smallest absolute Gasteiger partial charge is 0.161 e. The van der Waals surface area contributed by atoms with E-state index in [9.17, 15) is 3.89 Å². The molecule has 0 N–H and O–H groups in total. The molecule has 2 atom stereocenters. The fourth-order valence-corrected chi connectivity index (χ4v) is 4.57. The van der Waals surface area contributed by atoms with E-state index in [-0.39, 0.29) is 0 Å². The van der Waals surface area contributed by atoms with Gasteiger partial charge >= 0.3 is 0 Å². The summed E-state index contributed by atoms with van der Waals surface area (Å²) in [5.41, 5.74) is 2.82. The van der Waals surface area contributed by atoms with Gasteiger partial charge in [0.05, 0.1) is 13.7 Å². The lowest BCUT2D eigenvalue weighted by molar-refractivity contribution is 0.0943. The maximum absolute atomic E-state index is 12.2. The molecule has 1 saturated heterocycles. The first kappa shape index (κ1) is 18.8. The third-order valence-electron chi connectivity index (χ3n) is 5.55. The SMILES string of the molecule is CCCC1CCC2c3cc(OC)c(OCCCSF)cc3CCN2C1. The Morgan fingerprint density at radius 2 is 2.16 bits per heavy atom. The third kappa shape index (κ3) is 4.43. The van der Waals surface area contributed by atoms with Gasteiger partial charge in [0.15, 0.2) is 11.5 Å². The molecule has 0 radical (unpaired) electrons. The molecule has 1 aromatic carbocycles. The zero-order valence-corrected chi connectivity index (χ0v) is 16.2. The molecule has 0 spiro atoms. The van der Waals surface area contributed by atoms with Gasteiger partial charge in [0.1, 0.15) is 0 Å². The van der Waals surface area contributed by atoms with E-state index >= 15 is 0 Å². The third-order valence-corrected chi connectivity index (χ3v) is 6.00. The molecule has 3 nitrogen and oxygen atoms in total. The molecule has 0 aliphatic carbocycles. The van der Waals surface area contributed by atoms with Crippen LogP contribution in [0.2, 0.25) is 0 Å². The first-order valence-corrected chi connectivity index (χ1v) is 10.5. The molecule has 25 heavy (non-hydrogen) atoms. The van der Waals surface area contributed by atoms with Gasteiger partial charge in [0, 0.05) is 37.0 Å². The summed E-state index contributed by atoms with van der Waals surface area (Å²) in [6.07, 6.45) is 6.99. The van der Waals surface area contributed by atoms with Crippen molar-refractivity contribution in [2.24, 2.45) is 5.92 Å². The van der Waals surface area contributed by atoms with Crippen LogP contribution >= 0.6 is 12.1 Å². The number of rotatable bonds is 8. The Kier molecular flexibility index (Phi) is 6.88. The number of benzene rings is 1. The minimum atomic E-state index is 0.369. The Morgan fingerprint density at radius 3 is 2.92 bits per heavy atom. The minimum absolute atomic E-state index is 0.369. The van der Waals surface area contributed by atoms with Crippen LogP contribution in [0.25, 0.3) is 0 Å². The van der Waals surface area contributed by atoms with Crippen molar-refractivity contribution in [2.45, 2.75) is 51.5 Å². The van der Waals surface area contributed by atoms with E-state index in [4.69, 9.17) is 9.47 Å². The van der Waals surface area contributed by atoms with E-state index in [1.807, 2.05) is 0 Å². The molecule has 0 saturated carbocycles. The molecule has 0 amide bonds. The van der Waals surface area contributed by atoms with Gasteiger partial charge in [-0.3, -0.25) is 4.90 Å². The first-order valence-electron chi connectivity index (χ1n) is 9.58. The summed E-state index contributed by atoms with van der Waals surface area (Å²) in [6, 6.07) is 4.88. The number of hydrogen-bond donors (Lipinski definition) is 0. The number of hydrogen-bond acceptors (Lipinski definition) is 4. The highest BCUT2D eigenvalue weighted by atomic mass is 32.2. The number of fused-ring (bicyclic) bond motifs is 3. The van der Waals surface area contributed by atoms with Crippen molar-refractivity contribution in [1.29, 1.82) is 0 Å². The Balaban J connectivity index is 1.74. The second-order valence-electron chi connectivity index (χ2n) is 7.21. The summed E-state index contributed by atoms with van der Waals surface area (Å²) in [5.74, 6) is 2.95. The van der Waals surface area contributed by atoms with Crippen LogP contribution in [-0.4, -0.2) is 37.5 Å². The zero-order chi connectivity index (χ0) is 17.6. The van der Waals surface area contributed by atoms with Gasteiger partial charge in [-0.1, -0.05) is 13.3 Å². The average molecular weight is 368 g/mol. The maximum Gasteiger partial charge on any atom is 0.161 e. The topological polar surface area (TPSA) is 21.7 Å². The van der Waals surface area contributed by atoms with Crippen LogP contribution in [0.1, 0.15) is 56.2 Å². The maximum atomic E-state index is 12.2. The predicted octanol–water partition coefficient (Wildman–Crippen LogP) is 5.19. The van der Waals surface area contributed by atoms with Crippen molar-refractivity contribution in [3.63, 3.8) is 0 Å². The minimum Gasteiger partial charge on any atom is -0.493 e. The molecule has 2 aliphatic heterocycles. The summed E-state index contributed by atoms with van der Waals surface area (Å²) in [7, 11) is 1.70. The van der Waals surface area contributed by atoms with Crippen LogP contribution < -0.4 is 9.47 Å². The Bertz CT molecular complexity index is 569. The molecule has 5 heteroatoms. The summed E-state index contributed by atoms with van der Waals surface area (Å²) in [6.45, 7) is 5.19. The number of piperidine rings is 1. The second kappa shape index (κ2) is 9.13. The molecule has 2 unspecified atom stereocenters. The van der Waals surface area contributed by atoms with E-state index in [1.54, 1.807) is 7.11 Å². The van der Waals surface area contributed by atoms with E-state index in [2.05, 4.69) is 24.0 Å². The van der Waals surface area contributed by atoms with E-state index in [1.165, 1.54) is 43.4 Å². The second-order valence-corrected chi connectivity index (χ2v) is 7.84. The molecule has 2 heterocycles. The van der Waals surface area contributed by atoms with Crippen LogP contribution in [0.3, 0.4) is 0 Å². The lowest BCUT2D eigenvalue weighted by Gasteiger charge is -2.44. The highest BCUT2D eigenvalue weighted by Crippen LogP contribution is 2.43. The van der Waals surface area contributed by atoms with Crippen molar-refractivity contribution in [2.75, 3.05) is 32.6 Å². The lowest BCUT2D eigenvalue weighted by atomic mass is 9.82. The molecule has 2 aliphatic rings. The standard InChI is InChI=1S/C20H30FNO2S/c1-3-5-15-6-7-18-17-13-19(23-2)20(24-10-4-11-25-21)12-16(17)8-9-22(18)14-15/h12-13,15,18H,3-11,14H2,1-2H3. The van der Waals surface area contributed by atoms with Crippen LogP contribution in [0.5, 0.6) is 11.5 Å². The fourth-order valence-electron chi connectivity index (χ4n) is 4.35. The van der Waals surface area contributed by atoms with E-state index < -0.39 is 0 Å². The monoisotopic (exact) mass is 367 g/mol. The van der Waals surface area contributed by atoms with Crippen molar-refractivity contribution in [3.8, 4) is 11.5 Å². The molecule has 1 aromatic rings.